The minimum Gasteiger partial charge on any atom is -0.0610 e. The van der Waals surface area contributed by atoms with E-state index >= 15 is 0 Å². The molecule has 0 aromatic heterocycles. The van der Waals surface area contributed by atoms with E-state index in [1.807, 2.05) is 0 Å². The third kappa shape index (κ3) is 15.2. The Balaban J connectivity index is 0.000000151. The van der Waals surface area contributed by atoms with Gasteiger partial charge in [-0.15, -0.1) is 0 Å². The first kappa shape index (κ1) is 56.9. The van der Waals surface area contributed by atoms with Crippen molar-refractivity contribution in [1.82, 2.24) is 0 Å². The third-order valence-electron chi connectivity index (χ3n) is 16.0. The van der Waals surface area contributed by atoms with Gasteiger partial charge in [0.1, 0.15) is 0 Å². The molecule has 0 radical (unpaired) electrons. The summed E-state index contributed by atoms with van der Waals surface area (Å²) < 4.78 is 0. The van der Waals surface area contributed by atoms with E-state index in [1.165, 1.54) is 156 Å². The Bertz CT molecular complexity index is 3410. The zero-order valence-electron chi connectivity index (χ0n) is 49.2. The zero-order chi connectivity index (χ0) is 55.5. The Kier molecular flexibility index (Phi) is 19.1. The van der Waals surface area contributed by atoms with Gasteiger partial charge in [0.05, 0.1) is 0 Å². The first-order valence-corrected chi connectivity index (χ1v) is 27.5. The van der Waals surface area contributed by atoms with E-state index in [2.05, 4.69) is 305 Å². The topological polar surface area (TPSA) is 0 Å². The SMILES string of the molecule is Cc1ccc(-c2ccc(-c3ccc(C)c(C)c3)cc2)cc1C.Cc1ccc(-c2ccc(C)c(C)c2)cc1C.Cc1ccc(-c2cccc(-c3ccc(C)c(C)c3)c2)cc1C.Cc1ccc(Cc2ccc(C)c(C)c2)cc1C. The molecule has 0 heterocycles. The molecule has 0 aliphatic heterocycles. The molecule has 10 aromatic rings. The molecule has 77 heavy (non-hydrogen) atoms. The van der Waals surface area contributed by atoms with E-state index in [0.717, 1.165) is 6.42 Å². The van der Waals surface area contributed by atoms with E-state index in [4.69, 9.17) is 0 Å². The van der Waals surface area contributed by atoms with Gasteiger partial charge >= 0.3 is 0 Å². The molecule has 10 aromatic carbocycles. The van der Waals surface area contributed by atoms with Gasteiger partial charge in [-0.2, -0.15) is 0 Å². The first-order valence-electron chi connectivity index (χ1n) is 27.5. The third-order valence-corrected chi connectivity index (χ3v) is 16.0. The lowest BCUT2D eigenvalue weighted by atomic mass is 9.95. The fraction of sp³-hybridized carbons (Fsp3) is 0.221. The average molecular weight is 1010 g/mol. The van der Waals surface area contributed by atoms with Crippen LogP contribution < -0.4 is 0 Å². The molecule has 0 saturated heterocycles. The Morgan fingerprint density at radius 2 is 0.338 bits per heavy atom. The molecule has 0 amide bonds. The molecule has 0 bridgehead atoms. The van der Waals surface area contributed by atoms with Crippen molar-refractivity contribution < 1.29 is 0 Å². The lowest BCUT2D eigenvalue weighted by molar-refractivity contribution is 1.15. The molecule has 0 fully saturated rings. The minimum absolute atomic E-state index is 1.03. The second-order valence-electron chi connectivity index (χ2n) is 22.0. The van der Waals surface area contributed by atoms with Gasteiger partial charge in [0.25, 0.3) is 0 Å². The first-order chi connectivity index (χ1) is 36.7. The standard InChI is InChI=1S/2C22H22.C17H20.C16H18/c1-15-5-7-21(13-17(15)3)19-9-11-20(12-10-19)22-8-6-16(2)18(4)14-22;1-15-8-10-21(12-17(15)3)19-6-5-7-20(14-19)22-11-9-16(2)18(4)13-22;1-12-5-7-16(9-14(12)3)11-17-8-6-13(2)15(4)10-17;1-11-5-7-15(9-13(11)3)16-8-6-12(2)14(4)10-16/h2*5-14H,1-4H3;5-10H,11H2,1-4H3;5-10H,1-4H3. The van der Waals surface area contributed by atoms with Crippen LogP contribution in [0.4, 0.5) is 0 Å². The number of hydrogen-bond donors (Lipinski definition) is 0. The summed E-state index contributed by atoms with van der Waals surface area (Å²) >= 11 is 0. The van der Waals surface area contributed by atoms with Gasteiger partial charge in [0.2, 0.25) is 0 Å². The van der Waals surface area contributed by atoms with E-state index in [0.29, 0.717) is 0 Å². The van der Waals surface area contributed by atoms with Crippen molar-refractivity contribution in [2.24, 2.45) is 0 Å². The predicted octanol–water partition coefficient (Wildman–Crippen LogP) is 21.6. The smallest absolute Gasteiger partial charge is 0.00256 e. The lowest BCUT2D eigenvalue weighted by Crippen LogP contribution is -1.92. The highest BCUT2D eigenvalue weighted by Crippen LogP contribution is 2.31. The Morgan fingerprint density at radius 1 is 0.156 bits per heavy atom. The van der Waals surface area contributed by atoms with Crippen molar-refractivity contribution in [3.05, 3.63) is 294 Å². The molecule has 0 aliphatic carbocycles. The van der Waals surface area contributed by atoms with Crippen molar-refractivity contribution >= 4 is 0 Å². The summed E-state index contributed by atoms with van der Waals surface area (Å²) in [5, 5.41) is 0. The van der Waals surface area contributed by atoms with Crippen LogP contribution in [0.15, 0.2) is 194 Å². The Labute approximate surface area is 464 Å². The van der Waals surface area contributed by atoms with Crippen molar-refractivity contribution in [3.8, 4) is 55.6 Å². The summed E-state index contributed by atoms with van der Waals surface area (Å²) in [4.78, 5) is 0. The van der Waals surface area contributed by atoms with Crippen LogP contribution in [0.1, 0.15) is 100 Å². The van der Waals surface area contributed by atoms with Gasteiger partial charge in [0.15, 0.2) is 0 Å². The molecule has 0 N–H and O–H groups in total. The maximum atomic E-state index is 2.30. The van der Waals surface area contributed by atoms with Crippen molar-refractivity contribution in [2.75, 3.05) is 0 Å². The summed E-state index contributed by atoms with van der Waals surface area (Å²) in [5.41, 5.74) is 37.3. The van der Waals surface area contributed by atoms with Gasteiger partial charge in [-0.05, 0) is 279 Å². The van der Waals surface area contributed by atoms with Gasteiger partial charge in [-0.25, -0.2) is 0 Å². The number of benzene rings is 10. The monoisotopic (exact) mass is 1010 g/mol. The molecule has 10 rings (SSSR count). The van der Waals surface area contributed by atoms with Crippen LogP contribution >= 0.6 is 0 Å². The van der Waals surface area contributed by atoms with Crippen molar-refractivity contribution in [3.63, 3.8) is 0 Å². The van der Waals surface area contributed by atoms with Gasteiger partial charge in [0, 0.05) is 0 Å². The fourth-order valence-electron chi connectivity index (χ4n) is 9.32. The molecule has 390 valence electrons. The molecule has 0 unspecified atom stereocenters. The van der Waals surface area contributed by atoms with E-state index in [-0.39, 0.29) is 0 Å². The van der Waals surface area contributed by atoms with E-state index < -0.39 is 0 Å². The normalized spacial score (nSPS) is 10.6. The summed E-state index contributed by atoms with van der Waals surface area (Å²) in [7, 11) is 0. The Morgan fingerprint density at radius 3 is 0.558 bits per heavy atom. The van der Waals surface area contributed by atoms with Crippen LogP contribution in [-0.2, 0) is 6.42 Å². The maximum Gasteiger partial charge on any atom is -0.00256 e. The average Bonchev–Trinajstić information content (AvgIpc) is 3.42. The van der Waals surface area contributed by atoms with Gasteiger partial charge in [-0.1, -0.05) is 188 Å². The molecule has 0 atom stereocenters. The van der Waals surface area contributed by atoms with E-state index in [9.17, 15) is 0 Å². The molecular formula is C77H82. The quantitative estimate of drug-likeness (QED) is 0.149. The highest BCUT2D eigenvalue weighted by atomic mass is 14.1. The van der Waals surface area contributed by atoms with Gasteiger partial charge in [-0.3, -0.25) is 0 Å². The zero-order valence-corrected chi connectivity index (χ0v) is 49.2. The molecular weight excluding hydrogens is 925 g/mol. The number of aryl methyl sites for hydroxylation is 16. The van der Waals surface area contributed by atoms with Gasteiger partial charge < -0.3 is 0 Å². The second kappa shape index (κ2) is 25.8. The predicted molar refractivity (Wildman–Crippen MR) is 338 cm³/mol. The van der Waals surface area contributed by atoms with Crippen LogP contribution in [0.2, 0.25) is 0 Å². The summed E-state index contributed by atoms with van der Waals surface area (Å²) in [5.74, 6) is 0. The van der Waals surface area contributed by atoms with Crippen LogP contribution in [0.3, 0.4) is 0 Å². The molecule has 0 spiro atoms. The maximum absolute atomic E-state index is 2.30. The van der Waals surface area contributed by atoms with E-state index in [1.54, 1.807) is 0 Å². The Hall–Kier alpha value is -7.80. The summed E-state index contributed by atoms with van der Waals surface area (Å²) in [6.07, 6.45) is 1.03. The van der Waals surface area contributed by atoms with Crippen LogP contribution in [0.5, 0.6) is 0 Å². The van der Waals surface area contributed by atoms with Crippen molar-refractivity contribution in [2.45, 2.75) is 117 Å². The van der Waals surface area contributed by atoms with Crippen molar-refractivity contribution in [1.29, 1.82) is 0 Å². The molecule has 0 aliphatic rings. The lowest BCUT2D eigenvalue weighted by Gasteiger charge is -2.09. The second-order valence-corrected chi connectivity index (χ2v) is 22.0. The molecule has 0 heteroatoms. The van der Waals surface area contributed by atoms with Crippen LogP contribution in [-0.4, -0.2) is 0 Å². The summed E-state index contributed by atoms with van der Waals surface area (Å²) in [6.45, 7) is 34.6. The molecule has 0 saturated carbocycles. The highest BCUT2D eigenvalue weighted by molar-refractivity contribution is 5.75. The molecule has 0 nitrogen and oxygen atoms in total. The van der Waals surface area contributed by atoms with Crippen LogP contribution in [0.25, 0.3) is 55.6 Å². The van der Waals surface area contributed by atoms with Crippen LogP contribution in [0, 0.1) is 111 Å². The fourth-order valence-corrected chi connectivity index (χ4v) is 9.32. The highest BCUT2D eigenvalue weighted by Gasteiger charge is 2.07. The summed E-state index contributed by atoms with van der Waals surface area (Å²) in [6, 6.07) is 71.2. The number of hydrogen-bond acceptors (Lipinski definition) is 0. The number of rotatable bonds is 7. The minimum atomic E-state index is 1.03. The largest absolute Gasteiger partial charge is 0.0610 e.